The smallest absolute Gasteiger partial charge is 0.277 e. The second-order valence-corrected chi connectivity index (χ2v) is 16.5. The van der Waals surface area contributed by atoms with Gasteiger partial charge in [-0.15, -0.1) is 0 Å². The maximum absolute atomic E-state index is 15.1. The van der Waals surface area contributed by atoms with Crippen molar-refractivity contribution in [1.82, 2.24) is 34.6 Å². The predicted molar refractivity (Wildman–Crippen MR) is 214 cm³/mol. The van der Waals surface area contributed by atoms with Gasteiger partial charge in [-0.1, -0.05) is 0 Å². The number of piperazine rings is 2. The van der Waals surface area contributed by atoms with E-state index in [9.17, 15) is 22.8 Å². The monoisotopic (exact) mass is 815 g/mol. The first-order valence-electron chi connectivity index (χ1n) is 19.3. The Hall–Kier alpha value is -4.72. The van der Waals surface area contributed by atoms with Gasteiger partial charge in [0, 0.05) is 84.0 Å². The number of halogens is 1. The number of benzene rings is 1. The number of hydrogen-bond donors (Lipinski definition) is 2. The molecule has 4 aliphatic heterocycles. The molecule has 1 unspecified atom stereocenters. The van der Waals surface area contributed by atoms with Gasteiger partial charge in [-0.05, 0) is 43.5 Å². The van der Waals surface area contributed by atoms with Gasteiger partial charge in [0.05, 0.1) is 64.0 Å². The number of sulfonamides is 1. The summed E-state index contributed by atoms with van der Waals surface area (Å²) in [7, 11) is 3.25. The van der Waals surface area contributed by atoms with E-state index in [1.807, 2.05) is 23.9 Å². The van der Waals surface area contributed by atoms with Crippen LogP contribution in [0.15, 0.2) is 24.4 Å². The molecule has 2 aromatic heterocycles. The Balaban J connectivity index is 0.000000281. The zero-order valence-corrected chi connectivity index (χ0v) is 34.7. The van der Waals surface area contributed by atoms with Crippen molar-refractivity contribution in [3.05, 3.63) is 35.8 Å². The zero-order valence-electron chi connectivity index (χ0n) is 33.8. The lowest BCUT2D eigenvalue weighted by Crippen LogP contribution is -3.15. The second kappa shape index (κ2) is 19.6. The highest BCUT2D eigenvalue weighted by atomic mass is 32.2. The number of carbonyl (C=O) groups is 3. The molecule has 0 bridgehead atoms. The third kappa shape index (κ3) is 11.9. The highest BCUT2D eigenvalue weighted by Gasteiger charge is 2.26. The van der Waals surface area contributed by atoms with Crippen LogP contribution in [0.4, 0.5) is 16.0 Å². The number of nitrogens with zero attached hydrogens (tertiary/aromatic N) is 8. The number of methoxy groups -OCH3 is 1. The molecule has 4 saturated heterocycles. The van der Waals surface area contributed by atoms with Crippen molar-refractivity contribution >= 4 is 50.3 Å². The molecule has 4 fully saturated rings. The van der Waals surface area contributed by atoms with E-state index in [2.05, 4.69) is 16.6 Å². The third-order valence-electron chi connectivity index (χ3n) is 10.4. The largest absolute Gasteiger partial charge is 0.480 e. The van der Waals surface area contributed by atoms with Gasteiger partial charge in [0.2, 0.25) is 33.7 Å². The van der Waals surface area contributed by atoms with Gasteiger partial charge in [-0.3, -0.25) is 24.0 Å². The molecular formula is C38H56FN10O7S+. The van der Waals surface area contributed by atoms with Crippen LogP contribution in [0.3, 0.4) is 0 Å². The summed E-state index contributed by atoms with van der Waals surface area (Å²) < 4.78 is 52.2. The molecule has 4 aliphatic rings. The molecule has 0 spiro atoms. The highest BCUT2D eigenvalue weighted by molar-refractivity contribution is 7.92. The topological polar surface area (TPSA) is 175 Å². The van der Waals surface area contributed by atoms with Crippen molar-refractivity contribution < 1.29 is 41.6 Å². The summed E-state index contributed by atoms with van der Waals surface area (Å²) in [6.45, 7) is 10.8. The number of likely N-dealkylation sites (tertiary alicyclic amines) is 1. The molecule has 0 radical (unpaired) electrons. The van der Waals surface area contributed by atoms with E-state index in [1.54, 1.807) is 27.8 Å². The lowest BCUT2D eigenvalue weighted by molar-refractivity contribution is -0.893. The summed E-state index contributed by atoms with van der Waals surface area (Å²) in [6.07, 6.45) is 5.56. The molecule has 0 aliphatic carbocycles. The molecule has 17 nitrogen and oxygen atoms in total. The Morgan fingerprint density at radius 2 is 1.63 bits per heavy atom. The SMILES string of the molecule is CC[NH+]1CCN(C)C(=O)C1.CN1CCCCC1=O.COc1ncc(-c2nc(N3CCOCC3)nc3c(CN4CCN(C)C(=O)C4)cc(F)cc23)cc1NS(C)(=O)=O. The first-order chi connectivity index (χ1) is 27.1. The number of anilines is 2. The van der Waals surface area contributed by atoms with E-state index in [0.29, 0.717) is 92.1 Å². The molecule has 0 saturated carbocycles. The van der Waals surface area contributed by atoms with Crippen molar-refractivity contribution in [2.45, 2.75) is 32.7 Å². The normalized spacial score (nSPS) is 19.5. The average Bonchev–Trinajstić information content (AvgIpc) is 3.18. The van der Waals surface area contributed by atoms with Crippen LogP contribution in [0.5, 0.6) is 5.88 Å². The lowest BCUT2D eigenvalue weighted by atomic mass is 10.0. The van der Waals surface area contributed by atoms with Crippen LogP contribution < -0.4 is 19.3 Å². The van der Waals surface area contributed by atoms with Crippen LogP contribution in [-0.4, -0.2) is 174 Å². The van der Waals surface area contributed by atoms with Crippen molar-refractivity contribution in [2.24, 2.45) is 0 Å². The van der Waals surface area contributed by atoms with Gasteiger partial charge in [0.1, 0.15) is 11.5 Å². The molecule has 19 heteroatoms. The number of fused-ring (bicyclic) bond motifs is 1. The maximum atomic E-state index is 15.1. The Kier molecular flexibility index (Phi) is 14.9. The van der Waals surface area contributed by atoms with Gasteiger partial charge >= 0.3 is 0 Å². The Bertz CT molecular complexity index is 2020. The van der Waals surface area contributed by atoms with Crippen molar-refractivity contribution in [1.29, 1.82) is 0 Å². The molecule has 7 rings (SSSR count). The minimum absolute atomic E-state index is 0.00138. The van der Waals surface area contributed by atoms with E-state index < -0.39 is 15.8 Å². The summed E-state index contributed by atoms with van der Waals surface area (Å²) in [4.78, 5) is 58.7. The van der Waals surface area contributed by atoms with Crippen LogP contribution >= 0.6 is 0 Å². The Labute approximate surface area is 334 Å². The molecule has 57 heavy (non-hydrogen) atoms. The highest BCUT2D eigenvalue weighted by Crippen LogP contribution is 2.35. The van der Waals surface area contributed by atoms with Crippen molar-refractivity contribution in [3.63, 3.8) is 0 Å². The number of aromatic nitrogens is 3. The number of rotatable bonds is 8. The minimum Gasteiger partial charge on any atom is -0.480 e. The van der Waals surface area contributed by atoms with Gasteiger partial charge in [0.25, 0.3) is 5.91 Å². The first kappa shape index (κ1) is 43.4. The fourth-order valence-corrected chi connectivity index (χ4v) is 7.38. The number of amides is 3. The zero-order chi connectivity index (χ0) is 41.3. The second-order valence-electron chi connectivity index (χ2n) is 14.7. The number of quaternary nitrogens is 1. The first-order valence-corrected chi connectivity index (χ1v) is 21.2. The van der Waals surface area contributed by atoms with Gasteiger partial charge < -0.3 is 34.0 Å². The lowest BCUT2D eigenvalue weighted by Gasteiger charge is -2.32. The number of morpholine rings is 1. The summed E-state index contributed by atoms with van der Waals surface area (Å²) in [5, 5.41) is 0.444. The average molecular weight is 816 g/mol. The molecule has 3 amide bonds. The standard InChI is InChI=1S/C25H30FN7O5S.C7H14N2O.C6H11NO/c1-31-4-5-32(15-21(31)34)14-17-10-18(26)12-19-22(28-25(29-23(17)19)33-6-8-38-9-7-33)16-11-20(30-39(3,35)36)24(37-2)27-13-16;1-3-9-5-4-8(2)7(10)6-9;1-7-5-3-2-4-6(7)8/h10-13,30H,4-9,14-15H2,1-3H3;3-6H2,1-2H3;2-5H2,1H3/p+1. The van der Waals surface area contributed by atoms with E-state index in [-0.39, 0.29) is 29.9 Å². The number of piperidine rings is 1. The molecule has 3 aromatic rings. The number of pyridine rings is 1. The van der Waals surface area contributed by atoms with Crippen LogP contribution in [0.1, 0.15) is 31.7 Å². The van der Waals surface area contributed by atoms with Crippen LogP contribution in [0, 0.1) is 5.82 Å². The van der Waals surface area contributed by atoms with E-state index in [0.717, 1.165) is 45.3 Å². The van der Waals surface area contributed by atoms with Gasteiger partial charge in [-0.25, -0.2) is 27.8 Å². The van der Waals surface area contributed by atoms with E-state index in [4.69, 9.17) is 19.4 Å². The Morgan fingerprint density at radius 3 is 2.25 bits per heavy atom. The summed E-state index contributed by atoms with van der Waals surface area (Å²) in [6, 6.07) is 4.36. The summed E-state index contributed by atoms with van der Waals surface area (Å²) in [5.74, 6) is 0.637. The maximum Gasteiger partial charge on any atom is 0.277 e. The van der Waals surface area contributed by atoms with Gasteiger partial charge in [-0.2, -0.15) is 0 Å². The molecular weight excluding hydrogens is 760 g/mol. The molecule has 6 heterocycles. The molecule has 1 atom stereocenters. The fourth-order valence-electron chi connectivity index (χ4n) is 6.83. The summed E-state index contributed by atoms with van der Waals surface area (Å²) >= 11 is 0. The van der Waals surface area contributed by atoms with E-state index in [1.165, 1.54) is 36.8 Å². The van der Waals surface area contributed by atoms with Crippen LogP contribution in [0.25, 0.3) is 22.2 Å². The van der Waals surface area contributed by atoms with Crippen molar-refractivity contribution in [2.75, 3.05) is 123 Å². The number of likely N-dealkylation sites (N-methyl/N-ethyl adjacent to an activating group) is 3. The molecule has 2 N–H and O–H groups in total. The molecule has 312 valence electrons. The number of nitrogens with one attached hydrogen (secondary N) is 2. The number of hydrogen-bond acceptors (Lipinski definition) is 12. The summed E-state index contributed by atoms with van der Waals surface area (Å²) in [5.41, 5.74) is 2.14. The predicted octanol–water partition coefficient (Wildman–Crippen LogP) is 0.314. The third-order valence-corrected chi connectivity index (χ3v) is 10.9. The number of carbonyl (C=O) groups excluding carboxylic acids is 3. The van der Waals surface area contributed by atoms with Crippen LogP contribution in [0.2, 0.25) is 0 Å². The van der Waals surface area contributed by atoms with Crippen molar-refractivity contribution in [3.8, 4) is 17.1 Å². The quantitative estimate of drug-likeness (QED) is 0.319. The van der Waals surface area contributed by atoms with E-state index >= 15 is 4.39 Å². The fraction of sp³-hybridized carbons (Fsp3) is 0.579. The minimum atomic E-state index is -3.64. The Morgan fingerprint density at radius 1 is 0.912 bits per heavy atom. The van der Waals surface area contributed by atoms with Crippen LogP contribution in [-0.2, 0) is 35.7 Å². The van der Waals surface area contributed by atoms with Gasteiger partial charge in [0.15, 0.2) is 6.54 Å². The molecule has 1 aromatic carbocycles. The number of ether oxygens (including phenoxy) is 2.